The molecule has 0 unspecified atom stereocenters. The fraction of sp³-hybridized carbons (Fsp3) is 0.421. The second-order valence-corrected chi connectivity index (χ2v) is 9.74. The molecule has 3 aliphatic rings. The van der Waals surface area contributed by atoms with Crippen molar-refractivity contribution in [3.63, 3.8) is 0 Å². The van der Waals surface area contributed by atoms with Gasteiger partial charge in [0, 0.05) is 19.9 Å². The molecule has 6 heterocycles. The van der Waals surface area contributed by atoms with E-state index in [1.807, 2.05) is 37.3 Å². The number of aliphatic imine (C=N–C) groups is 1. The van der Waals surface area contributed by atoms with Crippen molar-refractivity contribution in [3.8, 4) is 0 Å². The number of hydrogen-bond acceptors (Lipinski definition) is 9. The number of guanidine groups is 1. The summed E-state index contributed by atoms with van der Waals surface area (Å²) in [6.45, 7) is 2.73. The van der Waals surface area contributed by atoms with Gasteiger partial charge in [0.1, 0.15) is 23.5 Å². The SMILES string of the molecule is Cc1cc2ncnn2cc1Nc1ncc2c(n1)N1C(=NCC13CC[S+]([O-])CC3)N2C. The topological polar surface area (TPSA) is 110 Å². The number of nitrogens with one attached hydrogen (secondary N) is 1. The lowest BCUT2D eigenvalue weighted by molar-refractivity contribution is 0.408. The van der Waals surface area contributed by atoms with Crippen LogP contribution in [0.1, 0.15) is 18.4 Å². The first-order valence-electron chi connectivity index (χ1n) is 9.92. The predicted molar refractivity (Wildman–Crippen MR) is 116 cm³/mol. The van der Waals surface area contributed by atoms with Gasteiger partial charge in [0.05, 0.1) is 30.2 Å². The monoisotopic (exact) mass is 423 g/mol. The number of fused-ring (bicyclic) bond motifs is 5. The summed E-state index contributed by atoms with van der Waals surface area (Å²) in [5, 5.41) is 7.54. The Balaban J connectivity index is 1.37. The zero-order chi connectivity index (χ0) is 20.5. The lowest BCUT2D eigenvalue weighted by Gasteiger charge is -2.39. The van der Waals surface area contributed by atoms with Crippen molar-refractivity contribution in [2.45, 2.75) is 25.3 Å². The van der Waals surface area contributed by atoms with Gasteiger partial charge in [-0.3, -0.25) is 4.90 Å². The molecule has 1 fully saturated rings. The average molecular weight is 424 g/mol. The van der Waals surface area contributed by atoms with Gasteiger partial charge in [0.25, 0.3) is 0 Å². The highest BCUT2D eigenvalue weighted by atomic mass is 32.2. The van der Waals surface area contributed by atoms with Crippen LogP contribution >= 0.6 is 0 Å². The second-order valence-electron chi connectivity index (χ2n) is 8.04. The lowest BCUT2D eigenvalue weighted by Crippen LogP contribution is -2.54. The molecule has 10 nitrogen and oxygen atoms in total. The zero-order valence-electron chi connectivity index (χ0n) is 16.7. The van der Waals surface area contributed by atoms with Crippen molar-refractivity contribution in [1.29, 1.82) is 0 Å². The number of aromatic nitrogens is 5. The summed E-state index contributed by atoms with van der Waals surface area (Å²) < 4.78 is 13.7. The minimum atomic E-state index is -0.728. The summed E-state index contributed by atoms with van der Waals surface area (Å²) in [5.41, 5.74) is 3.51. The molecule has 11 heteroatoms. The van der Waals surface area contributed by atoms with E-state index in [-0.39, 0.29) is 5.54 Å². The van der Waals surface area contributed by atoms with E-state index in [1.54, 1.807) is 4.52 Å². The summed E-state index contributed by atoms with van der Waals surface area (Å²) in [6.07, 6.45) is 6.97. The average Bonchev–Trinajstić information content (AvgIpc) is 3.41. The first kappa shape index (κ1) is 17.9. The summed E-state index contributed by atoms with van der Waals surface area (Å²) >= 11 is -0.728. The highest BCUT2D eigenvalue weighted by Gasteiger charge is 2.53. The quantitative estimate of drug-likeness (QED) is 0.617. The lowest BCUT2D eigenvalue weighted by atomic mass is 9.91. The van der Waals surface area contributed by atoms with Crippen LogP contribution < -0.4 is 15.1 Å². The molecule has 0 aliphatic carbocycles. The van der Waals surface area contributed by atoms with Gasteiger partial charge in [-0.1, -0.05) is 11.2 Å². The summed E-state index contributed by atoms with van der Waals surface area (Å²) in [4.78, 5) is 22.7. The van der Waals surface area contributed by atoms with E-state index >= 15 is 0 Å². The van der Waals surface area contributed by atoms with Crippen molar-refractivity contribution in [2.75, 3.05) is 40.2 Å². The van der Waals surface area contributed by atoms with Crippen LogP contribution in [0, 0.1) is 6.92 Å². The van der Waals surface area contributed by atoms with Gasteiger partial charge >= 0.3 is 0 Å². The third kappa shape index (κ3) is 2.51. The summed E-state index contributed by atoms with van der Waals surface area (Å²) in [6, 6.07) is 1.97. The Morgan fingerprint density at radius 2 is 2.07 bits per heavy atom. The van der Waals surface area contributed by atoms with Gasteiger partial charge in [-0.2, -0.15) is 10.1 Å². The molecule has 3 aliphatic heterocycles. The normalized spacial score (nSPS) is 25.0. The van der Waals surface area contributed by atoms with Gasteiger partial charge in [0.15, 0.2) is 11.5 Å². The van der Waals surface area contributed by atoms with Gasteiger partial charge in [-0.25, -0.2) is 19.5 Å². The van der Waals surface area contributed by atoms with E-state index in [9.17, 15) is 4.55 Å². The van der Waals surface area contributed by atoms with Crippen LogP contribution in [-0.2, 0) is 11.2 Å². The predicted octanol–water partition coefficient (Wildman–Crippen LogP) is 1.48. The minimum Gasteiger partial charge on any atom is -0.616 e. The number of pyridine rings is 1. The molecule has 30 heavy (non-hydrogen) atoms. The Morgan fingerprint density at radius 3 is 2.90 bits per heavy atom. The van der Waals surface area contributed by atoms with E-state index in [2.05, 4.69) is 25.3 Å². The third-order valence-corrected chi connectivity index (χ3v) is 7.59. The zero-order valence-corrected chi connectivity index (χ0v) is 17.6. The molecule has 0 bridgehead atoms. The minimum absolute atomic E-state index is 0.135. The summed E-state index contributed by atoms with van der Waals surface area (Å²) in [7, 11) is 2.00. The maximum atomic E-state index is 12.0. The number of nitrogens with zero attached hydrogens (tertiary/aromatic N) is 8. The van der Waals surface area contributed by atoms with Crippen LogP contribution in [-0.4, -0.2) is 65.7 Å². The van der Waals surface area contributed by atoms with Crippen molar-refractivity contribution < 1.29 is 4.55 Å². The highest BCUT2D eigenvalue weighted by molar-refractivity contribution is 7.91. The Morgan fingerprint density at radius 1 is 1.23 bits per heavy atom. The number of aryl methyl sites for hydroxylation is 1. The van der Waals surface area contributed by atoms with Crippen molar-refractivity contribution >= 4 is 45.9 Å². The summed E-state index contributed by atoms with van der Waals surface area (Å²) in [5.74, 6) is 3.72. The Hall–Kier alpha value is -2.92. The van der Waals surface area contributed by atoms with Crippen molar-refractivity contribution in [1.82, 2.24) is 24.6 Å². The Bertz CT molecular complexity index is 1180. The molecule has 1 spiro atoms. The molecular weight excluding hydrogens is 402 g/mol. The fourth-order valence-corrected chi connectivity index (χ4v) is 5.93. The van der Waals surface area contributed by atoms with Crippen molar-refractivity contribution in [2.24, 2.45) is 4.99 Å². The van der Waals surface area contributed by atoms with E-state index < -0.39 is 11.2 Å². The first-order chi connectivity index (χ1) is 14.5. The van der Waals surface area contributed by atoms with Crippen LogP contribution in [0.25, 0.3) is 5.65 Å². The Labute approximate surface area is 176 Å². The second kappa shape index (κ2) is 6.29. The third-order valence-electron chi connectivity index (χ3n) is 6.27. The fourth-order valence-electron chi connectivity index (χ4n) is 4.51. The van der Waals surface area contributed by atoms with E-state index in [0.717, 1.165) is 53.7 Å². The molecule has 0 radical (unpaired) electrons. The van der Waals surface area contributed by atoms with Crippen LogP contribution in [0.15, 0.2) is 29.8 Å². The van der Waals surface area contributed by atoms with Crippen molar-refractivity contribution in [3.05, 3.63) is 30.4 Å². The van der Waals surface area contributed by atoms with Gasteiger partial charge in [-0.05, 0) is 18.6 Å². The smallest absolute Gasteiger partial charge is 0.229 e. The van der Waals surface area contributed by atoms with E-state index in [0.29, 0.717) is 17.5 Å². The van der Waals surface area contributed by atoms with Crippen LogP contribution in [0.5, 0.6) is 0 Å². The van der Waals surface area contributed by atoms with Crippen LogP contribution in [0.4, 0.5) is 23.1 Å². The number of anilines is 4. The molecular formula is C19H21N9OS. The van der Waals surface area contributed by atoms with E-state index in [1.165, 1.54) is 6.33 Å². The molecule has 0 amide bonds. The molecule has 3 aromatic heterocycles. The maximum absolute atomic E-state index is 12.0. The molecule has 0 aromatic carbocycles. The van der Waals surface area contributed by atoms with Crippen LogP contribution in [0.3, 0.4) is 0 Å². The Kier molecular flexibility index (Phi) is 3.75. The number of rotatable bonds is 2. The molecule has 0 saturated carbocycles. The maximum Gasteiger partial charge on any atom is 0.229 e. The molecule has 1 saturated heterocycles. The van der Waals surface area contributed by atoms with Gasteiger partial charge in [0.2, 0.25) is 11.9 Å². The highest BCUT2D eigenvalue weighted by Crippen LogP contribution is 2.46. The molecule has 6 rings (SSSR count). The molecule has 0 atom stereocenters. The first-order valence-corrected chi connectivity index (χ1v) is 11.4. The van der Waals surface area contributed by atoms with Crippen LogP contribution in [0.2, 0.25) is 0 Å². The van der Waals surface area contributed by atoms with Gasteiger partial charge < -0.3 is 14.8 Å². The molecule has 1 N–H and O–H groups in total. The number of hydrogen-bond donors (Lipinski definition) is 1. The van der Waals surface area contributed by atoms with E-state index in [4.69, 9.17) is 9.98 Å². The molecule has 3 aromatic rings. The van der Waals surface area contributed by atoms with Gasteiger partial charge in [-0.15, -0.1) is 0 Å². The largest absolute Gasteiger partial charge is 0.616 e. The molecule has 154 valence electrons. The standard InChI is InChI=1S/C19H21N9OS/c1-12-7-15-22-11-23-27(15)9-13(12)24-17-20-8-14-16(25-17)28-18(26(14)2)21-10-19(28)3-5-30(29)6-4-19/h7-9,11H,3-6,10H2,1-2H3,(H,20,24,25).